The molecule has 2 aromatic carbocycles. The second-order valence-corrected chi connectivity index (χ2v) is 8.76. The van der Waals surface area contributed by atoms with Gasteiger partial charge >= 0.3 is 0 Å². The van der Waals surface area contributed by atoms with Gasteiger partial charge in [-0.2, -0.15) is 0 Å². The first-order valence-electron chi connectivity index (χ1n) is 8.97. The highest BCUT2D eigenvalue weighted by Crippen LogP contribution is 2.28. The molecule has 0 amide bonds. The van der Waals surface area contributed by atoms with Crippen LogP contribution in [0.2, 0.25) is 0 Å². The maximum atomic E-state index is 2.22. The van der Waals surface area contributed by atoms with Gasteiger partial charge in [0.2, 0.25) is 0 Å². The first-order chi connectivity index (χ1) is 11.6. The van der Waals surface area contributed by atoms with Crippen molar-refractivity contribution in [2.75, 3.05) is 11.5 Å². The van der Waals surface area contributed by atoms with Gasteiger partial charge in [0.25, 0.3) is 0 Å². The summed E-state index contributed by atoms with van der Waals surface area (Å²) in [5, 5.41) is 0. The van der Waals surface area contributed by atoms with Crippen molar-refractivity contribution >= 4 is 23.5 Å². The van der Waals surface area contributed by atoms with Gasteiger partial charge in [0.15, 0.2) is 0 Å². The smallest absolute Gasteiger partial charge is 0.0130 e. The summed E-state index contributed by atoms with van der Waals surface area (Å²) in [5.41, 5.74) is 5.69. The Labute approximate surface area is 156 Å². The van der Waals surface area contributed by atoms with Crippen LogP contribution in [0, 0.1) is 27.7 Å². The van der Waals surface area contributed by atoms with E-state index in [-0.39, 0.29) is 0 Å². The second kappa shape index (κ2) is 10.2. The molecule has 0 unspecified atom stereocenters. The molecule has 0 saturated carbocycles. The Balaban J connectivity index is 1.59. The van der Waals surface area contributed by atoms with Crippen molar-refractivity contribution in [1.82, 2.24) is 0 Å². The van der Waals surface area contributed by atoms with E-state index in [9.17, 15) is 0 Å². The zero-order valence-electron chi connectivity index (χ0n) is 15.5. The van der Waals surface area contributed by atoms with Crippen molar-refractivity contribution in [2.24, 2.45) is 0 Å². The summed E-state index contributed by atoms with van der Waals surface area (Å²) >= 11 is 4.07. The van der Waals surface area contributed by atoms with Gasteiger partial charge in [-0.3, -0.25) is 0 Å². The molecular formula is C22H30S2. The van der Waals surface area contributed by atoms with Crippen LogP contribution in [0.15, 0.2) is 46.2 Å². The fourth-order valence-electron chi connectivity index (χ4n) is 2.96. The van der Waals surface area contributed by atoms with Crippen LogP contribution in [0.4, 0.5) is 0 Å². The molecule has 0 aliphatic carbocycles. The largest absolute Gasteiger partial charge is 0.126 e. The van der Waals surface area contributed by atoms with Crippen LogP contribution in [0.5, 0.6) is 0 Å². The molecule has 0 aliphatic heterocycles. The van der Waals surface area contributed by atoms with Gasteiger partial charge in [-0.25, -0.2) is 0 Å². The second-order valence-electron chi connectivity index (χ2n) is 6.55. The highest BCUT2D eigenvalue weighted by atomic mass is 32.2. The fourth-order valence-corrected chi connectivity index (χ4v) is 5.25. The van der Waals surface area contributed by atoms with Crippen LogP contribution in [0.1, 0.15) is 47.9 Å². The Morgan fingerprint density at radius 1 is 0.542 bits per heavy atom. The van der Waals surface area contributed by atoms with Gasteiger partial charge in [-0.05, 0) is 74.3 Å². The van der Waals surface area contributed by atoms with Crippen molar-refractivity contribution in [2.45, 2.75) is 63.2 Å². The quantitative estimate of drug-likeness (QED) is 0.339. The molecule has 0 heterocycles. The van der Waals surface area contributed by atoms with E-state index in [4.69, 9.17) is 0 Å². The summed E-state index contributed by atoms with van der Waals surface area (Å²) in [6, 6.07) is 13.2. The topological polar surface area (TPSA) is 0 Å². The summed E-state index contributed by atoms with van der Waals surface area (Å²) in [5.74, 6) is 2.49. The molecule has 0 fully saturated rings. The fraction of sp³-hybridized carbons (Fsp3) is 0.455. The van der Waals surface area contributed by atoms with Crippen LogP contribution in [-0.2, 0) is 0 Å². The summed E-state index contributed by atoms with van der Waals surface area (Å²) in [4.78, 5) is 2.98. The lowest BCUT2D eigenvalue weighted by molar-refractivity contribution is 0.711. The van der Waals surface area contributed by atoms with E-state index in [1.165, 1.54) is 69.2 Å². The van der Waals surface area contributed by atoms with E-state index in [1.807, 2.05) is 23.5 Å². The highest BCUT2D eigenvalue weighted by molar-refractivity contribution is 7.99. The molecule has 0 aliphatic rings. The molecule has 0 aromatic heterocycles. The molecule has 0 nitrogen and oxygen atoms in total. The van der Waals surface area contributed by atoms with E-state index in [0.29, 0.717) is 0 Å². The Morgan fingerprint density at radius 3 is 1.21 bits per heavy atom. The summed E-state index contributed by atoms with van der Waals surface area (Å²) in [6.45, 7) is 8.89. The maximum absolute atomic E-state index is 2.22. The molecule has 24 heavy (non-hydrogen) atoms. The zero-order chi connectivity index (χ0) is 17.4. The number of rotatable bonds is 9. The lowest BCUT2D eigenvalue weighted by atomic mass is 10.2. The molecule has 2 rings (SSSR count). The molecular weight excluding hydrogens is 328 g/mol. The number of hydrogen-bond acceptors (Lipinski definition) is 2. The lowest BCUT2D eigenvalue weighted by Crippen LogP contribution is -1.89. The van der Waals surface area contributed by atoms with Gasteiger partial charge < -0.3 is 0 Å². The number of benzene rings is 2. The van der Waals surface area contributed by atoms with Gasteiger partial charge in [0, 0.05) is 9.79 Å². The Bertz CT molecular complexity index is 548. The van der Waals surface area contributed by atoms with Gasteiger partial charge in [0.1, 0.15) is 0 Å². The first-order valence-corrected chi connectivity index (χ1v) is 10.9. The zero-order valence-corrected chi connectivity index (χ0v) is 17.2. The Hall–Kier alpha value is -0.860. The number of unbranched alkanes of at least 4 members (excludes halogenated alkanes) is 3. The Kier molecular flexibility index (Phi) is 8.28. The minimum Gasteiger partial charge on any atom is -0.126 e. The van der Waals surface area contributed by atoms with E-state index in [2.05, 4.69) is 64.1 Å². The van der Waals surface area contributed by atoms with E-state index >= 15 is 0 Å². The van der Waals surface area contributed by atoms with Crippen molar-refractivity contribution in [3.8, 4) is 0 Å². The third-order valence-electron chi connectivity index (χ3n) is 4.35. The number of hydrogen-bond donors (Lipinski definition) is 0. The van der Waals surface area contributed by atoms with Crippen molar-refractivity contribution in [3.05, 3.63) is 58.7 Å². The molecule has 0 atom stereocenters. The SMILES string of the molecule is Cc1cccc(C)c1SCCCCCCSc1c(C)cccc1C. The highest BCUT2D eigenvalue weighted by Gasteiger charge is 2.04. The third kappa shape index (κ3) is 5.89. The summed E-state index contributed by atoms with van der Waals surface area (Å²) in [6.07, 6.45) is 5.36. The predicted octanol–water partition coefficient (Wildman–Crippen LogP) is 7.37. The predicted molar refractivity (Wildman–Crippen MR) is 112 cm³/mol. The normalized spacial score (nSPS) is 11.0. The van der Waals surface area contributed by atoms with Crippen molar-refractivity contribution in [1.29, 1.82) is 0 Å². The van der Waals surface area contributed by atoms with E-state index in [0.717, 1.165) is 0 Å². The molecule has 0 spiro atoms. The Morgan fingerprint density at radius 2 is 0.875 bits per heavy atom. The minimum absolute atomic E-state index is 1.25. The monoisotopic (exact) mass is 358 g/mol. The number of aryl methyl sites for hydroxylation is 4. The minimum atomic E-state index is 1.25. The van der Waals surface area contributed by atoms with Crippen LogP contribution in [0.25, 0.3) is 0 Å². The molecule has 0 saturated heterocycles. The van der Waals surface area contributed by atoms with Gasteiger partial charge in [-0.15, -0.1) is 23.5 Å². The third-order valence-corrected chi connectivity index (χ3v) is 7.20. The van der Waals surface area contributed by atoms with Gasteiger partial charge in [-0.1, -0.05) is 49.2 Å². The van der Waals surface area contributed by atoms with Crippen LogP contribution in [0.3, 0.4) is 0 Å². The van der Waals surface area contributed by atoms with E-state index in [1.54, 1.807) is 0 Å². The molecule has 0 N–H and O–H groups in total. The first kappa shape index (κ1) is 19.5. The summed E-state index contributed by atoms with van der Waals surface area (Å²) < 4.78 is 0. The van der Waals surface area contributed by atoms with E-state index < -0.39 is 0 Å². The number of thioether (sulfide) groups is 2. The average Bonchev–Trinajstić information content (AvgIpc) is 2.54. The molecule has 2 aromatic rings. The van der Waals surface area contributed by atoms with Crippen LogP contribution >= 0.6 is 23.5 Å². The summed E-state index contributed by atoms with van der Waals surface area (Å²) in [7, 11) is 0. The standard InChI is InChI=1S/C22H30S2/c1-17-11-9-12-18(2)21(17)23-15-7-5-6-8-16-24-22-19(3)13-10-14-20(22)4/h9-14H,5-8,15-16H2,1-4H3. The lowest BCUT2D eigenvalue weighted by Gasteiger charge is -2.10. The van der Waals surface area contributed by atoms with Crippen molar-refractivity contribution in [3.63, 3.8) is 0 Å². The van der Waals surface area contributed by atoms with Crippen LogP contribution < -0.4 is 0 Å². The molecule has 130 valence electrons. The molecule has 0 radical (unpaired) electrons. The molecule has 0 bridgehead atoms. The van der Waals surface area contributed by atoms with Crippen molar-refractivity contribution < 1.29 is 0 Å². The van der Waals surface area contributed by atoms with Crippen LogP contribution in [-0.4, -0.2) is 11.5 Å². The molecule has 2 heteroatoms. The maximum Gasteiger partial charge on any atom is 0.0130 e. The van der Waals surface area contributed by atoms with Gasteiger partial charge in [0.05, 0.1) is 0 Å². The average molecular weight is 359 g/mol.